The Morgan fingerprint density at radius 1 is 0.769 bits per heavy atom. The highest BCUT2D eigenvalue weighted by molar-refractivity contribution is 4.86. The van der Waals surface area contributed by atoms with Crippen LogP contribution in [0.3, 0.4) is 0 Å². The molecule has 0 heterocycles. The topological polar surface area (TPSA) is 0 Å². The van der Waals surface area contributed by atoms with E-state index < -0.39 is 0 Å². The predicted molar refractivity (Wildman–Crippen MR) is 59.7 cm³/mol. The van der Waals surface area contributed by atoms with E-state index in [4.69, 9.17) is 0 Å². The molecule has 0 spiro atoms. The second-order valence-corrected chi connectivity index (χ2v) is 6.38. The third-order valence-corrected chi connectivity index (χ3v) is 4.14. The standard InChI is InChI=1S/C13H26/c1-9-7-11(3)12(8-10(9)2)13(4,5)6/h9-12H,7-8H2,1-6H3. The number of hydrogen-bond acceptors (Lipinski definition) is 0. The lowest BCUT2D eigenvalue weighted by Gasteiger charge is -2.44. The minimum atomic E-state index is 0.508. The van der Waals surface area contributed by atoms with E-state index in [1.807, 2.05) is 0 Å². The Labute approximate surface area is 84.1 Å². The molecule has 0 N–H and O–H groups in total. The third-order valence-electron chi connectivity index (χ3n) is 4.14. The van der Waals surface area contributed by atoms with Crippen LogP contribution in [-0.2, 0) is 0 Å². The molecular formula is C13H26. The van der Waals surface area contributed by atoms with E-state index in [9.17, 15) is 0 Å². The van der Waals surface area contributed by atoms with Gasteiger partial charge in [0.25, 0.3) is 0 Å². The summed E-state index contributed by atoms with van der Waals surface area (Å²) in [5, 5.41) is 0. The van der Waals surface area contributed by atoms with E-state index in [0.717, 1.165) is 23.7 Å². The maximum atomic E-state index is 2.44. The Hall–Kier alpha value is 0. The molecule has 0 aromatic heterocycles. The number of rotatable bonds is 0. The van der Waals surface area contributed by atoms with Gasteiger partial charge < -0.3 is 0 Å². The molecule has 1 fully saturated rings. The average molecular weight is 182 g/mol. The molecule has 1 saturated carbocycles. The van der Waals surface area contributed by atoms with E-state index in [-0.39, 0.29) is 0 Å². The van der Waals surface area contributed by atoms with Gasteiger partial charge in [-0.3, -0.25) is 0 Å². The van der Waals surface area contributed by atoms with Crippen molar-refractivity contribution in [3.8, 4) is 0 Å². The van der Waals surface area contributed by atoms with Crippen LogP contribution in [0, 0.1) is 29.1 Å². The van der Waals surface area contributed by atoms with Gasteiger partial charge in [-0.05, 0) is 41.9 Å². The van der Waals surface area contributed by atoms with E-state index >= 15 is 0 Å². The Bertz CT molecular complexity index is 163. The lowest BCUT2D eigenvalue weighted by atomic mass is 9.62. The summed E-state index contributed by atoms with van der Waals surface area (Å²) < 4.78 is 0. The molecule has 1 aliphatic carbocycles. The maximum absolute atomic E-state index is 2.44. The molecule has 4 unspecified atom stereocenters. The molecule has 0 aliphatic heterocycles. The second-order valence-electron chi connectivity index (χ2n) is 6.38. The van der Waals surface area contributed by atoms with Crippen LogP contribution in [0.25, 0.3) is 0 Å². The molecule has 0 amide bonds. The largest absolute Gasteiger partial charge is 0.0622 e. The molecule has 0 bridgehead atoms. The van der Waals surface area contributed by atoms with Crippen LogP contribution in [0.4, 0.5) is 0 Å². The van der Waals surface area contributed by atoms with E-state index in [0.29, 0.717) is 5.41 Å². The highest BCUT2D eigenvalue weighted by atomic mass is 14.4. The molecule has 1 aliphatic rings. The smallest absolute Gasteiger partial charge is 0.0337 e. The van der Waals surface area contributed by atoms with Crippen molar-refractivity contribution in [3.05, 3.63) is 0 Å². The zero-order chi connectivity index (χ0) is 10.2. The normalized spacial score (nSPS) is 42.0. The monoisotopic (exact) mass is 182 g/mol. The van der Waals surface area contributed by atoms with Crippen molar-refractivity contribution in [2.24, 2.45) is 29.1 Å². The molecule has 4 atom stereocenters. The summed E-state index contributed by atoms with van der Waals surface area (Å²) in [7, 11) is 0. The first-order valence-electron chi connectivity index (χ1n) is 5.82. The van der Waals surface area contributed by atoms with Crippen molar-refractivity contribution in [1.29, 1.82) is 0 Å². The Kier molecular flexibility index (Phi) is 3.09. The van der Waals surface area contributed by atoms with Crippen molar-refractivity contribution in [3.63, 3.8) is 0 Å². The molecule has 0 saturated heterocycles. The fourth-order valence-corrected chi connectivity index (χ4v) is 3.06. The van der Waals surface area contributed by atoms with E-state index in [1.165, 1.54) is 12.8 Å². The van der Waals surface area contributed by atoms with Crippen LogP contribution < -0.4 is 0 Å². The molecule has 13 heavy (non-hydrogen) atoms. The quantitative estimate of drug-likeness (QED) is 0.522. The Morgan fingerprint density at radius 2 is 1.23 bits per heavy atom. The van der Waals surface area contributed by atoms with Gasteiger partial charge in [0.05, 0.1) is 0 Å². The summed E-state index contributed by atoms with van der Waals surface area (Å²) in [6.45, 7) is 14.5. The summed E-state index contributed by atoms with van der Waals surface area (Å²) in [5.41, 5.74) is 0.508. The molecule has 0 aromatic carbocycles. The van der Waals surface area contributed by atoms with Crippen molar-refractivity contribution in [1.82, 2.24) is 0 Å². The van der Waals surface area contributed by atoms with Gasteiger partial charge in [0, 0.05) is 0 Å². The van der Waals surface area contributed by atoms with Gasteiger partial charge in [0.1, 0.15) is 0 Å². The van der Waals surface area contributed by atoms with Gasteiger partial charge in [-0.1, -0.05) is 41.5 Å². The fraction of sp³-hybridized carbons (Fsp3) is 1.00. The summed E-state index contributed by atoms with van der Waals surface area (Å²) in [5.74, 6) is 3.72. The summed E-state index contributed by atoms with van der Waals surface area (Å²) in [6.07, 6.45) is 2.87. The van der Waals surface area contributed by atoms with Gasteiger partial charge in [0.15, 0.2) is 0 Å². The van der Waals surface area contributed by atoms with Crippen molar-refractivity contribution in [2.45, 2.75) is 54.4 Å². The SMILES string of the molecule is CC1CC(C)C(C(C)(C)C)CC1C. The van der Waals surface area contributed by atoms with Gasteiger partial charge in [-0.15, -0.1) is 0 Å². The van der Waals surface area contributed by atoms with Crippen LogP contribution in [0.1, 0.15) is 54.4 Å². The van der Waals surface area contributed by atoms with Crippen LogP contribution >= 0.6 is 0 Å². The Morgan fingerprint density at radius 3 is 1.69 bits per heavy atom. The number of hydrogen-bond donors (Lipinski definition) is 0. The van der Waals surface area contributed by atoms with Crippen molar-refractivity contribution < 1.29 is 0 Å². The van der Waals surface area contributed by atoms with Crippen LogP contribution in [-0.4, -0.2) is 0 Å². The molecule has 0 aromatic rings. The molecule has 78 valence electrons. The molecule has 0 heteroatoms. The van der Waals surface area contributed by atoms with Gasteiger partial charge in [-0.2, -0.15) is 0 Å². The van der Waals surface area contributed by atoms with Crippen LogP contribution in [0.2, 0.25) is 0 Å². The average Bonchev–Trinajstić information content (AvgIpc) is 1.94. The van der Waals surface area contributed by atoms with Crippen LogP contribution in [0.15, 0.2) is 0 Å². The molecule has 0 nitrogen and oxygen atoms in total. The van der Waals surface area contributed by atoms with Gasteiger partial charge in [-0.25, -0.2) is 0 Å². The predicted octanol–water partition coefficient (Wildman–Crippen LogP) is 4.35. The second kappa shape index (κ2) is 3.63. The van der Waals surface area contributed by atoms with Gasteiger partial charge in [0.2, 0.25) is 0 Å². The third kappa shape index (κ3) is 2.48. The first-order valence-corrected chi connectivity index (χ1v) is 5.82. The molecule has 0 radical (unpaired) electrons. The first-order chi connectivity index (χ1) is 5.82. The van der Waals surface area contributed by atoms with Crippen molar-refractivity contribution >= 4 is 0 Å². The first kappa shape index (κ1) is 11.1. The molecule has 1 rings (SSSR count). The summed E-state index contributed by atoms with van der Waals surface area (Å²) in [6, 6.07) is 0. The minimum absolute atomic E-state index is 0.508. The maximum Gasteiger partial charge on any atom is -0.0337 e. The highest BCUT2D eigenvalue weighted by Gasteiger charge is 2.36. The van der Waals surface area contributed by atoms with Crippen LogP contribution in [0.5, 0.6) is 0 Å². The van der Waals surface area contributed by atoms with Gasteiger partial charge >= 0.3 is 0 Å². The zero-order valence-electron chi connectivity index (χ0n) is 10.2. The highest BCUT2D eigenvalue weighted by Crippen LogP contribution is 2.45. The van der Waals surface area contributed by atoms with Crippen molar-refractivity contribution in [2.75, 3.05) is 0 Å². The zero-order valence-corrected chi connectivity index (χ0v) is 10.2. The van der Waals surface area contributed by atoms with E-state index in [1.54, 1.807) is 0 Å². The Balaban J connectivity index is 2.67. The summed E-state index contributed by atoms with van der Waals surface area (Å²) >= 11 is 0. The summed E-state index contributed by atoms with van der Waals surface area (Å²) in [4.78, 5) is 0. The van der Waals surface area contributed by atoms with E-state index in [2.05, 4.69) is 41.5 Å². The fourth-order valence-electron chi connectivity index (χ4n) is 3.06. The molecular weight excluding hydrogens is 156 g/mol. The lowest BCUT2D eigenvalue weighted by Crippen LogP contribution is -2.35. The lowest BCUT2D eigenvalue weighted by molar-refractivity contribution is 0.0602. The minimum Gasteiger partial charge on any atom is -0.0622 e.